The van der Waals surface area contributed by atoms with E-state index >= 15 is 0 Å². The van der Waals surface area contributed by atoms with Crippen LogP contribution in [-0.4, -0.2) is 0 Å². The zero-order valence-corrected chi connectivity index (χ0v) is 8.89. The highest BCUT2D eigenvalue weighted by Crippen LogP contribution is 1.95. The van der Waals surface area contributed by atoms with Gasteiger partial charge in [0.2, 0.25) is 0 Å². The van der Waals surface area contributed by atoms with Crippen LogP contribution in [0.1, 0.15) is 34.6 Å². The van der Waals surface area contributed by atoms with Gasteiger partial charge in [0.15, 0.2) is 0 Å². The maximum absolute atomic E-state index is 5.52. The molecule has 0 spiro atoms. The first kappa shape index (κ1) is 13.6. The van der Waals surface area contributed by atoms with Gasteiger partial charge in [-0.15, -0.1) is 0 Å². The lowest BCUT2D eigenvalue weighted by Crippen LogP contribution is -1.90. The summed E-state index contributed by atoms with van der Waals surface area (Å²) in [4.78, 5) is 0. The fraction of sp³-hybridized carbons (Fsp3) is 0.455. The predicted molar refractivity (Wildman–Crippen MR) is 57.9 cm³/mol. The van der Waals surface area contributed by atoms with E-state index in [0.29, 0.717) is 0 Å². The third kappa shape index (κ3) is 9.02. The van der Waals surface area contributed by atoms with Gasteiger partial charge in [0.05, 0.1) is 0 Å². The minimum Gasteiger partial charge on any atom is -0.399 e. The van der Waals surface area contributed by atoms with Gasteiger partial charge in [0.25, 0.3) is 0 Å². The van der Waals surface area contributed by atoms with Crippen LogP contribution in [0.25, 0.3) is 0 Å². The van der Waals surface area contributed by atoms with Crippen LogP contribution in [0.5, 0.6) is 0 Å². The van der Waals surface area contributed by atoms with E-state index in [1.165, 1.54) is 5.57 Å². The molecule has 1 nitrogen and oxygen atoms in total. The summed E-state index contributed by atoms with van der Waals surface area (Å²) in [6.07, 6.45) is 7.81. The fourth-order valence-corrected chi connectivity index (χ4v) is 0.420. The third-order valence-electron chi connectivity index (χ3n) is 1.33. The van der Waals surface area contributed by atoms with Crippen molar-refractivity contribution in [1.29, 1.82) is 0 Å². The summed E-state index contributed by atoms with van der Waals surface area (Å²) in [5.74, 6) is 0. The molecule has 0 aromatic rings. The van der Waals surface area contributed by atoms with E-state index in [0.717, 1.165) is 5.70 Å². The normalized spacial score (nSPS) is 12.8. The molecule has 0 unspecified atom stereocenters. The Morgan fingerprint density at radius 2 is 1.50 bits per heavy atom. The van der Waals surface area contributed by atoms with Crippen LogP contribution < -0.4 is 5.73 Å². The molecule has 0 aliphatic heterocycles. The molecule has 0 saturated heterocycles. The van der Waals surface area contributed by atoms with Crippen LogP contribution in [0.2, 0.25) is 0 Å². The summed E-state index contributed by atoms with van der Waals surface area (Å²) in [7, 11) is 0. The molecule has 0 atom stereocenters. The van der Waals surface area contributed by atoms with Crippen molar-refractivity contribution in [3.63, 3.8) is 0 Å². The molecule has 0 aromatic carbocycles. The number of allylic oxidation sites excluding steroid dienone is 5. The number of rotatable bonds is 2. The smallest absolute Gasteiger partial charge is 0.0270 e. The van der Waals surface area contributed by atoms with Crippen LogP contribution in [0, 0.1) is 0 Å². The molecule has 0 saturated carbocycles. The zero-order chi connectivity index (χ0) is 9.98. The lowest BCUT2D eigenvalue weighted by molar-refractivity contribution is 1.37. The van der Waals surface area contributed by atoms with E-state index in [2.05, 4.69) is 0 Å². The molecule has 12 heavy (non-hydrogen) atoms. The maximum atomic E-state index is 5.52. The van der Waals surface area contributed by atoms with Gasteiger partial charge in [-0.2, -0.15) is 0 Å². The van der Waals surface area contributed by atoms with E-state index in [-0.39, 0.29) is 0 Å². The Kier molecular flexibility index (Phi) is 11.4. The summed E-state index contributed by atoms with van der Waals surface area (Å²) in [6.45, 7) is 9.97. The Labute approximate surface area is 76.7 Å². The van der Waals surface area contributed by atoms with Crippen LogP contribution in [0.15, 0.2) is 35.6 Å². The Hall–Kier alpha value is -0.980. The molecule has 0 rings (SSSR count). The van der Waals surface area contributed by atoms with Gasteiger partial charge in [0, 0.05) is 5.70 Å². The van der Waals surface area contributed by atoms with Crippen LogP contribution >= 0.6 is 0 Å². The molecule has 0 fully saturated rings. The maximum Gasteiger partial charge on any atom is 0.0270 e. The fourth-order valence-electron chi connectivity index (χ4n) is 0.420. The largest absolute Gasteiger partial charge is 0.399 e. The molecule has 0 radical (unpaired) electrons. The SMILES string of the molecule is CC.C\C=C(C)/C=C\C(N)=C/C. The van der Waals surface area contributed by atoms with E-state index < -0.39 is 0 Å². The summed E-state index contributed by atoms with van der Waals surface area (Å²) >= 11 is 0. The minimum absolute atomic E-state index is 0.807. The lowest BCUT2D eigenvalue weighted by Gasteiger charge is -1.89. The third-order valence-corrected chi connectivity index (χ3v) is 1.33. The van der Waals surface area contributed by atoms with Gasteiger partial charge in [-0.05, 0) is 26.8 Å². The number of nitrogens with two attached hydrogens (primary N) is 1. The molecule has 0 aliphatic carbocycles. The van der Waals surface area contributed by atoms with Crippen LogP contribution in [0.3, 0.4) is 0 Å². The lowest BCUT2D eigenvalue weighted by atomic mass is 10.2. The van der Waals surface area contributed by atoms with E-state index in [9.17, 15) is 0 Å². The van der Waals surface area contributed by atoms with Crippen LogP contribution in [0.4, 0.5) is 0 Å². The monoisotopic (exact) mass is 167 g/mol. The molecule has 2 N–H and O–H groups in total. The van der Waals surface area contributed by atoms with Crippen LogP contribution in [-0.2, 0) is 0 Å². The summed E-state index contributed by atoms with van der Waals surface area (Å²) in [5, 5.41) is 0. The van der Waals surface area contributed by atoms with Crippen molar-refractivity contribution in [2.24, 2.45) is 5.73 Å². The van der Waals surface area contributed by atoms with E-state index in [1.54, 1.807) is 0 Å². The van der Waals surface area contributed by atoms with Gasteiger partial charge in [-0.25, -0.2) is 0 Å². The summed E-state index contributed by atoms with van der Waals surface area (Å²) in [6, 6.07) is 0. The first-order chi connectivity index (χ1) is 5.70. The molecular weight excluding hydrogens is 146 g/mol. The predicted octanol–water partition coefficient (Wildman–Crippen LogP) is 3.40. The van der Waals surface area contributed by atoms with Crippen molar-refractivity contribution in [3.8, 4) is 0 Å². The van der Waals surface area contributed by atoms with E-state index in [1.807, 2.05) is 58.9 Å². The average Bonchev–Trinajstić information content (AvgIpc) is 2.16. The number of hydrogen-bond donors (Lipinski definition) is 1. The average molecular weight is 167 g/mol. The molecule has 70 valence electrons. The van der Waals surface area contributed by atoms with Crippen molar-refractivity contribution in [2.45, 2.75) is 34.6 Å². The Morgan fingerprint density at radius 3 is 1.83 bits per heavy atom. The van der Waals surface area contributed by atoms with Crippen molar-refractivity contribution in [1.82, 2.24) is 0 Å². The molecule has 0 heterocycles. The first-order valence-corrected chi connectivity index (χ1v) is 4.43. The zero-order valence-electron chi connectivity index (χ0n) is 8.89. The van der Waals surface area contributed by atoms with Crippen molar-refractivity contribution >= 4 is 0 Å². The summed E-state index contributed by atoms with van der Waals surface area (Å²) in [5.41, 5.74) is 7.56. The molecule has 1 heteroatoms. The Bertz CT molecular complexity index is 153. The minimum atomic E-state index is 0.807. The quantitative estimate of drug-likeness (QED) is 0.627. The number of hydrogen-bond acceptors (Lipinski definition) is 1. The molecular formula is C11H21N. The van der Waals surface area contributed by atoms with Gasteiger partial charge in [-0.1, -0.05) is 37.6 Å². The topological polar surface area (TPSA) is 26.0 Å². The van der Waals surface area contributed by atoms with E-state index in [4.69, 9.17) is 5.73 Å². The van der Waals surface area contributed by atoms with Crippen molar-refractivity contribution < 1.29 is 0 Å². The highest BCUT2D eigenvalue weighted by Gasteiger charge is 1.78. The Morgan fingerprint density at radius 1 is 1.00 bits per heavy atom. The summed E-state index contributed by atoms with van der Waals surface area (Å²) < 4.78 is 0. The van der Waals surface area contributed by atoms with Crippen molar-refractivity contribution in [3.05, 3.63) is 35.6 Å². The molecule has 0 aromatic heterocycles. The van der Waals surface area contributed by atoms with Crippen molar-refractivity contribution in [2.75, 3.05) is 0 Å². The van der Waals surface area contributed by atoms with Gasteiger partial charge in [0.1, 0.15) is 0 Å². The van der Waals surface area contributed by atoms with Gasteiger partial charge in [-0.3, -0.25) is 0 Å². The highest BCUT2D eigenvalue weighted by molar-refractivity contribution is 5.23. The molecule has 0 aliphatic rings. The van der Waals surface area contributed by atoms with Gasteiger partial charge < -0.3 is 5.73 Å². The highest BCUT2D eigenvalue weighted by atomic mass is 14.5. The second-order valence-corrected chi connectivity index (χ2v) is 2.15. The van der Waals surface area contributed by atoms with Gasteiger partial charge >= 0.3 is 0 Å². The molecule has 0 bridgehead atoms. The first-order valence-electron chi connectivity index (χ1n) is 4.43. The Balaban J connectivity index is 0. The molecule has 0 amide bonds. The second-order valence-electron chi connectivity index (χ2n) is 2.15. The standard InChI is InChI=1S/C9H15N.C2H6/c1-4-8(3)6-7-9(10)5-2;1-2/h4-7H,10H2,1-3H3;1-2H3/b7-6-,8-4-,9-5+;. The second kappa shape index (κ2) is 10.0.